The SMILES string of the molecule is CCCC1CCC(C=CC2CCc3cc(OCC)c(F)c(F)c3O2)CC1. The Balaban J connectivity index is 1.61. The first kappa shape index (κ1) is 19.2. The molecule has 1 aliphatic heterocycles. The van der Waals surface area contributed by atoms with E-state index in [2.05, 4.69) is 19.1 Å². The van der Waals surface area contributed by atoms with Gasteiger partial charge in [0.25, 0.3) is 0 Å². The third-order valence-corrected chi connectivity index (χ3v) is 5.66. The molecule has 3 rings (SSSR count). The minimum atomic E-state index is -0.954. The van der Waals surface area contributed by atoms with Crippen molar-refractivity contribution in [1.29, 1.82) is 0 Å². The van der Waals surface area contributed by atoms with E-state index in [0.717, 1.165) is 12.3 Å². The van der Waals surface area contributed by atoms with E-state index in [1.807, 2.05) is 0 Å². The number of benzene rings is 1. The lowest BCUT2D eigenvalue weighted by molar-refractivity contribution is 0.200. The molecule has 0 bridgehead atoms. The first-order chi connectivity index (χ1) is 12.6. The zero-order chi connectivity index (χ0) is 18.5. The van der Waals surface area contributed by atoms with Crippen LogP contribution in [0.5, 0.6) is 11.5 Å². The van der Waals surface area contributed by atoms with Crippen molar-refractivity contribution in [1.82, 2.24) is 0 Å². The monoisotopic (exact) mass is 364 g/mol. The normalized spacial score (nSPS) is 25.8. The fourth-order valence-electron chi connectivity index (χ4n) is 4.21. The zero-order valence-corrected chi connectivity index (χ0v) is 15.9. The lowest BCUT2D eigenvalue weighted by Gasteiger charge is -2.28. The van der Waals surface area contributed by atoms with Crippen LogP contribution in [0.4, 0.5) is 8.78 Å². The Kier molecular flexibility index (Phi) is 6.55. The second-order valence-electron chi connectivity index (χ2n) is 7.57. The maximum Gasteiger partial charge on any atom is 0.204 e. The van der Waals surface area contributed by atoms with E-state index in [0.29, 0.717) is 24.5 Å². The molecule has 1 heterocycles. The molecular formula is C22H30F2O2. The van der Waals surface area contributed by atoms with Crippen LogP contribution < -0.4 is 9.47 Å². The lowest BCUT2D eigenvalue weighted by atomic mass is 9.80. The highest BCUT2D eigenvalue weighted by Crippen LogP contribution is 2.37. The van der Waals surface area contributed by atoms with Gasteiger partial charge in [0.2, 0.25) is 11.6 Å². The van der Waals surface area contributed by atoms with Crippen LogP contribution in [0.2, 0.25) is 0 Å². The van der Waals surface area contributed by atoms with Gasteiger partial charge in [-0.05, 0) is 69.4 Å². The van der Waals surface area contributed by atoms with Gasteiger partial charge in [-0.2, -0.15) is 8.78 Å². The topological polar surface area (TPSA) is 18.5 Å². The summed E-state index contributed by atoms with van der Waals surface area (Å²) in [5.74, 6) is -0.369. The van der Waals surface area contributed by atoms with E-state index < -0.39 is 11.6 Å². The Morgan fingerprint density at radius 3 is 2.54 bits per heavy atom. The van der Waals surface area contributed by atoms with Crippen LogP contribution in [0.15, 0.2) is 18.2 Å². The minimum absolute atomic E-state index is 0.0230. The molecule has 1 unspecified atom stereocenters. The van der Waals surface area contributed by atoms with E-state index in [9.17, 15) is 8.78 Å². The predicted octanol–water partition coefficient (Wildman–Crippen LogP) is 6.22. The zero-order valence-electron chi connectivity index (χ0n) is 15.9. The molecular weight excluding hydrogens is 334 g/mol. The molecule has 1 fully saturated rings. The van der Waals surface area contributed by atoms with Gasteiger partial charge in [0.1, 0.15) is 6.10 Å². The minimum Gasteiger partial charge on any atom is -0.491 e. The average Bonchev–Trinajstić information content (AvgIpc) is 2.66. The summed E-state index contributed by atoms with van der Waals surface area (Å²) < 4.78 is 39.4. The van der Waals surface area contributed by atoms with Gasteiger partial charge < -0.3 is 9.47 Å². The van der Waals surface area contributed by atoms with Gasteiger partial charge in [0, 0.05) is 5.56 Å². The number of ether oxygens (including phenoxy) is 2. The highest BCUT2D eigenvalue weighted by Gasteiger charge is 2.27. The maximum absolute atomic E-state index is 14.3. The van der Waals surface area contributed by atoms with Gasteiger partial charge in [-0.3, -0.25) is 0 Å². The molecule has 26 heavy (non-hydrogen) atoms. The summed E-state index contributed by atoms with van der Waals surface area (Å²) in [5.41, 5.74) is 0.692. The Morgan fingerprint density at radius 2 is 1.85 bits per heavy atom. The van der Waals surface area contributed by atoms with Crippen molar-refractivity contribution in [2.24, 2.45) is 11.8 Å². The van der Waals surface area contributed by atoms with Gasteiger partial charge in [0.15, 0.2) is 11.5 Å². The van der Waals surface area contributed by atoms with Crippen molar-refractivity contribution in [2.45, 2.75) is 71.3 Å². The molecule has 0 spiro atoms. The van der Waals surface area contributed by atoms with Crippen LogP contribution in [-0.4, -0.2) is 12.7 Å². The number of hydrogen-bond acceptors (Lipinski definition) is 2. The van der Waals surface area contributed by atoms with Crippen LogP contribution in [-0.2, 0) is 6.42 Å². The molecule has 0 aromatic heterocycles. The van der Waals surface area contributed by atoms with Crippen LogP contribution in [0.25, 0.3) is 0 Å². The molecule has 1 atom stereocenters. The lowest BCUT2D eigenvalue weighted by Crippen LogP contribution is -2.22. The molecule has 1 aliphatic carbocycles. The first-order valence-corrected chi connectivity index (χ1v) is 10.1. The van der Waals surface area contributed by atoms with E-state index in [1.165, 1.54) is 38.5 Å². The maximum atomic E-state index is 14.3. The summed E-state index contributed by atoms with van der Waals surface area (Å²) in [5, 5.41) is 0. The molecule has 4 heteroatoms. The summed E-state index contributed by atoms with van der Waals surface area (Å²) in [4.78, 5) is 0. The smallest absolute Gasteiger partial charge is 0.204 e. The van der Waals surface area contributed by atoms with E-state index in [4.69, 9.17) is 9.47 Å². The fourth-order valence-corrected chi connectivity index (χ4v) is 4.21. The summed E-state index contributed by atoms with van der Waals surface area (Å²) in [7, 11) is 0. The Hall–Kier alpha value is -1.58. The Morgan fingerprint density at radius 1 is 1.08 bits per heavy atom. The van der Waals surface area contributed by atoms with Crippen molar-refractivity contribution in [3.8, 4) is 11.5 Å². The molecule has 0 radical (unpaired) electrons. The second-order valence-corrected chi connectivity index (χ2v) is 7.57. The molecule has 2 aliphatic rings. The van der Waals surface area contributed by atoms with Gasteiger partial charge in [-0.1, -0.05) is 25.8 Å². The number of aryl methyl sites for hydroxylation is 1. The first-order valence-electron chi connectivity index (χ1n) is 10.1. The van der Waals surface area contributed by atoms with Gasteiger partial charge >= 0.3 is 0 Å². The molecule has 1 aromatic carbocycles. The number of allylic oxidation sites excluding steroid dienone is 1. The van der Waals surface area contributed by atoms with Crippen molar-refractivity contribution in [2.75, 3.05) is 6.61 Å². The van der Waals surface area contributed by atoms with Gasteiger partial charge in [-0.15, -0.1) is 0 Å². The Labute approximate surface area is 155 Å². The summed E-state index contributed by atoms with van der Waals surface area (Å²) in [6.45, 7) is 4.31. The van der Waals surface area contributed by atoms with Crippen LogP contribution >= 0.6 is 0 Å². The largest absolute Gasteiger partial charge is 0.491 e. The highest BCUT2D eigenvalue weighted by molar-refractivity contribution is 5.44. The molecule has 0 N–H and O–H groups in total. The predicted molar refractivity (Wildman–Crippen MR) is 99.8 cm³/mol. The van der Waals surface area contributed by atoms with Crippen LogP contribution in [0, 0.1) is 23.5 Å². The summed E-state index contributed by atoms with van der Waals surface area (Å²) in [6.07, 6.45) is 13.2. The van der Waals surface area contributed by atoms with Crippen molar-refractivity contribution in [3.05, 3.63) is 35.4 Å². The number of rotatable bonds is 6. The van der Waals surface area contributed by atoms with E-state index in [1.54, 1.807) is 13.0 Å². The molecule has 1 aromatic rings. The quantitative estimate of drug-likeness (QED) is 0.558. The van der Waals surface area contributed by atoms with Gasteiger partial charge in [-0.25, -0.2) is 0 Å². The van der Waals surface area contributed by atoms with Crippen molar-refractivity contribution in [3.63, 3.8) is 0 Å². The highest BCUT2D eigenvalue weighted by atomic mass is 19.2. The summed E-state index contributed by atoms with van der Waals surface area (Å²) >= 11 is 0. The molecule has 2 nitrogen and oxygen atoms in total. The average molecular weight is 364 g/mol. The number of halogens is 2. The molecule has 1 saturated carbocycles. The van der Waals surface area contributed by atoms with Gasteiger partial charge in [0.05, 0.1) is 6.61 Å². The van der Waals surface area contributed by atoms with Crippen LogP contribution in [0.3, 0.4) is 0 Å². The molecule has 0 amide bonds. The summed E-state index contributed by atoms with van der Waals surface area (Å²) in [6, 6.07) is 1.58. The molecule has 0 saturated heterocycles. The Bertz CT molecular complexity index is 634. The van der Waals surface area contributed by atoms with Crippen molar-refractivity contribution < 1.29 is 18.3 Å². The van der Waals surface area contributed by atoms with Crippen LogP contribution in [0.1, 0.15) is 64.4 Å². The second kappa shape index (κ2) is 8.88. The third-order valence-electron chi connectivity index (χ3n) is 5.66. The third kappa shape index (κ3) is 4.39. The van der Waals surface area contributed by atoms with E-state index in [-0.39, 0.29) is 17.6 Å². The van der Waals surface area contributed by atoms with Crippen molar-refractivity contribution >= 4 is 0 Å². The number of hydrogen-bond donors (Lipinski definition) is 0. The molecule has 144 valence electrons. The fraction of sp³-hybridized carbons (Fsp3) is 0.636. The van der Waals surface area contributed by atoms with E-state index >= 15 is 0 Å². The number of fused-ring (bicyclic) bond motifs is 1. The standard InChI is InChI=1S/C22H30F2O2/c1-3-5-15-6-8-16(9-7-15)10-12-18-13-11-17-14-19(25-4-2)20(23)21(24)22(17)26-18/h10,12,14-16,18H,3-9,11,13H2,1-2H3.